The molecule has 14 heavy (non-hydrogen) atoms. The maximum Gasteiger partial charge on any atom is 0.369 e. The van der Waals surface area contributed by atoms with Crippen molar-refractivity contribution in [3.63, 3.8) is 0 Å². The molecule has 0 radical (unpaired) electrons. The zero-order valence-electron chi connectivity index (χ0n) is 7.15. The van der Waals surface area contributed by atoms with Crippen LogP contribution in [-0.2, 0) is 9.13 Å². The highest BCUT2D eigenvalue weighted by molar-refractivity contribution is 7.72. The maximum atomic E-state index is 10.7. The second-order valence-electron chi connectivity index (χ2n) is 2.69. The van der Waals surface area contributed by atoms with Crippen molar-refractivity contribution in [2.75, 3.05) is 0 Å². The summed E-state index contributed by atoms with van der Waals surface area (Å²) in [6.07, 6.45) is 0.327. The molecule has 5 N–H and O–H groups in total. The van der Waals surface area contributed by atoms with Gasteiger partial charge in [-0.15, -0.1) is 6.58 Å². The van der Waals surface area contributed by atoms with Crippen molar-refractivity contribution < 1.29 is 33.8 Å². The molecule has 84 valence electrons. The fourth-order valence-corrected chi connectivity index (χ4v) is 2.96. The van der Waals surface area contributed by atoms with E-state index in [4.69, 9.17) is 19.6 Å². The molecule has 7 nitrogen and oxygen atoms in total. The molecule has 0 heterocycles. The molecule has 0 rings (SSSR count). The fraction of sp³-hybridized carbons (Fsp3) is 0.600. The van der Waals surface area contributed by atoms with Crippen LogP contribution in [0.4, 0.5) is 0 Å². The molecule has 9 heteroatoms. The van der Waals surface area contributed by atoms with Gasteiger partial charge in [-0.25, -0.2) is 0 Å². The van der Waals surface area contributed by atoms with Crippen LogP contribution in [0, 0.1) is 0 Å². The van der Waals surface area contributed by atoms with Gasteiger partial charge in [0.15, 0.2) is 0 Å². The molecule has 0 aromatic rings. The Hall–Kier alpha value is -0.0000000000000000416. The third kappa shape index (κ3) is 2.74. The number of hydrogen-bond acceptors (Lipinski definition) is 3. The molecule has 0 aliphatic carbocycles. The summed E-state index contributed by atoms with van der Waals surface area (Å²) in [5, 5.41) is 5.93. The van der Waals surface area contributed by atoms with Gasteiger partial charge in [0.2, 0.25) is 0 Å². The molecule has 0 bridgehead atoms. The Morgan fingerprint density at radius 2 is 1.50 bits per heavy atom. The third-order valence-electron chi connectivity index (χ3n) is 1.62. The molecule has 0 aromatic heterocycles. The van der Waals surface area contributed by atoms with Gasteiger partial charge < -0.3 is 24.7 Å². The van der Waals surface area contributed by atoms with Crippen LogP contribution < -0.4 is 0 Å². The predicted molar refractivity (Wildman–Crippen MR) is 48.5 cm³/mol. The summed E-state index contributed by atoms with van der Waals surface area (Å²) in [6.45, 7) is 3.21. The van der Waals surface area contributed by atoms with Gasteiger partial charge in [0.1, 0.15) is 0 Å². The van der Waals surface area contributed by atoms with Crippen molar-refractivity contribution in [3.8, 4) is 0 Å². The summed E-state index contributed by atoms with van der Waals surface area (Å²) in [5.41, 5.74) is 0. The second-order valence-corrected chi connectivity index (χ2v) is 6.70. The van der Waals surface area contributed by atoms with Crippen LogP contribution in [0.2, 0.25) is 0 Å². The first-order chi connectivity index (χ1) is 6.06. The number of allylic oxidation sites excluding steroid dienone is 1. The maximum absolute atomic E-state index is 10.7. The van der Waals surface area contributed by atoms with Crippen molar-refractivity contribution in [2.45, 2.75) is 17.9 Å². The van der Waals surface area contributed by atoms with Crippen LogP contribution in [-0.4, -0.2) is 29.8 Å². The summed E-state index contributed by atoms with van der Waals surface area (Å²) in [5.74, 6) is 0. The van der Waals surface area contributed by atoms with Crippen LogP contribution in [0.1, 0.15) is 12.8 Å². The molecule has 0 amide bonds. The van der Waals surface area contributed by atoms with Gasteiger partial charge in [0.05, 0.1) is 0 Å². The lowest BCUT2D eigenvalue weighted by atomic mass is 10.3. The number of hydrogen-bond donors (Lipinski definition) is 5. The summed E-state index contributed by atoms with van der Waals surface area (Å²) in [6, 6.07) is 0. The SMILES string of the molecule is C=CCCC(O)(P(=O)(O)O)P(=O)(O)O. The molecular weight excluding hydrogens is 234 g/mol. The molecule has 0 atom stereocenters. The summed E-state index contributed by atoms with van der Waals surface area (Å²) < 4.78 is 21.4. The van der Waals surface area contributed by atoms with E-state index in [-0.39, 0.29) is 6.42 Å². The minimum absolute atomic E-state index is 0.118. The van der Waals surface area contributed by atoms with E-state index in [1.54, 1.807) is 0 Å². The van der Waals surface area contributed by atoms with E-state index >= 15 is 0 Å². The van der Waals surface area contributed by atoms with E-state index in [0.717, 1.165) is 0 Å². The highest BCUT2D eigenvalue weighted by Gasteiger charge is 2.58. The molecule has 0 aromatic carbocycles. The van der Waals surface area contributed by atoms with Crippen LogP contribution >= 0.6 is 15.2 Å². The Bertz CT molecular complexity index is 277. The average molecular weight is 246 g/mol. The van der Waals surface area contributed by atoms with E-state index in [0.29, 0.717) is 0 Å². The van der Waals surface area contributed by atoms with Gasteiger partial charge in [0, 0.05) is 6.42 Å². The van der Waals surface area contributed by atoms with Crippen LogP contribution in [0.5, 0.6) is 0 Å². The number of rotatable bonds is 5. The van der Waals surface area contributed by atoms with Gasteiger partial charge in [-0.05, 0) is 6.42 Å². The van der Waals surface area contributed by atoms with E-state index < -0.39 is 26.7 Å². The first-order valence-corrected chi connectivity index (χ1v) is 6.73. The highest BCUT2D eigenvalue weighted by atomic mass is 31.2. The Morgan fingerprint density at radius 3 is 1.71 bits per heavy atom. The summed E-state index contributed by atoms with van der Waals surface area (Å²) in [7, 11) is -10.6. The van der Waals surface area contributed by atoms with Crippen LogP contribution in [0.25, 0.3) is 0 Å². The Balaban J connectivity index is 5.18. The lowest BCUT2D eigenvalue weighted by molar-refractivity contribution is 0.124. The van der Waals surface area contributed by atoms with Crippen molar-refractivity contribution >= 4 is 15.2 Å². The molecule has 0 saturated heterocycles. The van der Waals surface area contributed by atoms with Gasteiger partial charge in [-0.3, -0.25) is 9.13 Å². The quantitative estimate of drug-likeness (QED) is 0.339. The van der Waals surface area contributed by atoms with E-state index in [1.165, 1.54) is 6.08 Å². The fourth-order valence-electron chi connectivity index (χ4n) is 0.757. The highest BCUT2D eigenvalue weighted by Crippen LogP contribution is 2.69. The van der Waals surface area contributed by atoms with E-state index in [2.05, 4.69) is 6.58 Å². The minimum atomic E-state index is -5.29. The molecule has 0 saturated carbocycles. The lowest BCUT2D eigenvalue weighted by Gasteiger charge is -2.28. The Labute approximate surface area is 80.4 Å². The first kappa shape index (κ1) is 14.0. The largest absolute Gasteiger partial charge is 0.369 e. The van der Waals surface area contributed by atoms with Crippen LogP contribution in [0.3, 0.4) is 0 Å². The lowest BCUT2D eigenvalue weighted by Crippen LogP contribution is -2.28. The van der Waals surface area contributed by atoms with Crippen molar-refractivity contribution in [1.82, 2.24) is 0 Å². The van der Waals surface area contributed by atoms with Crippen molar-refractivity contribution in [2.24, 2.45) is 0 Å². The average Bonchev–Trinajstić information content (AvgIpc) is 1.95. The molecule has 0 aliphatic heterocycles. The third-order valence-corrected chi connectivity index (χ3v) is 5.49. The van der Waals surface area contributed by atoms with E-state index in [1.807, 2.05) is 0 Å². The van der Waals surface area contributed by atoms with Gasteiger partial charge in [0.25, 0.3) is 5.08 Å². The standard InChI is InChI=1S/C5H12O7P2/c1-2-3-4-5(6,13(7,8)9)14(10,11)12/h2,6H,1,3-4H2,(H2,7,8,9)(H2,10,11,12). The molecular formula is C5H12O7P2. The predicted octanol–water partition coefficient (Wildman–Crippen LogP) is -0.0459. The summed E-state index contributed by atoms with van der Waals surface area (Å²) in [4.78, 5) is 34.5. The minimum Gasteiger partial charge on any atom is -0.368 e. The Kier molecular flexibility index (Phi) is 4.24. The molecule has 0 fully saturated rings. The summed E-state index contributed by atoms with van der Waals surface area (Å²) >= 11 is 0. The molecule has 0 unspecified atom stereocenters. The van der Waals surface area contributed by atoms with Gasteiger partial charge in [-0.1, -0.05) is 6.08 Å². The zero-order valence-corrected chi connectivity index (χ0v) is 8.93. The smallest absolute Gasteiger partial charge is 0.368 e. The zero-order chi connectivity index (χ0) is 11.6. The van der Waals surface area contributed by atoms with Crippen molar-refractivity contribution in [3.05, 3.63) is 12.7 Å². The van der Waals surface area contributed by atoms with E-state index in [9.17, 15) is 14.2 Å². The molecule has 0 spiro atoms. The Morgan fingerprint density at radius 1 is 1.14 bits per heavy atom. The topological polar surface area (TPSA) is 135 Å². The second kappa shape index (κ2) is 4.24. The normalized spacial score (nSPS) is 14.1. The first-order valence-electron chi connectivity index (χ1n) is 3.51. The van der Waals surface area contributed by atoms with Gasteiger partial charge in [-0.2, -0.15) is 0 Å². The molecule has 0 aliphatic rings. The van der Waals surface area contributed by atoms with Gasteiger partial charge >= 0.3 is 15.2 Å². The monoisotopic (exact) mass is 246 g/mol. The van der Waals surface area contributed by atoms with Crippen molar-refractivity contribution in [1.29, 1.82) is 0 Å². The number of aliphatic hydroxyl groups is 1. The van der Waals surface area contributed by atoms with Crippen LogP contribution in [0.15, 0.2) is 12.7 Å².